The number of likely N-dealkylation sites (tertiary alicyclic amines) is 1. The lowest BCUT2D eigenvalue weighted by molar-refractivity contribution is -0.565. The van der Waals surface area contributed by atoms with E-state index in [1.165, 1.54) is 23.5 Å². The summed E-state index contributed by atoms with van der Waals surface area (Å²) >= 11 is 5.22. The molecule has 0 bridgehead atoms. The minimum Gasteiger partial charge on any atom is -0.343 e. The van der Waals surface area contributed by atoms with Crippen LogP contribution in [-0.4, -0.2) is 24.3 Å². The molecule has 25 heavy (non-hydrogen) atoms. The second kappa shape index (κ2) is 7.10. The SMILES string of the molecule is CN1CCC/C1=N/c1scc(-c2ccc(Br)cc2)[n+]1-c1ccccc1. The number of amidine groups is 1. The largest absolute Gasteiger partial charge is 0.389 e. The summed E-state index contributed by atoms with van der Waals surface area (Å²) in [6, 6.07) is 18.9. The smallest absolute Gasteiger partial charge is 0.343 e. The third-order valence-corrected chi connectivity index (χ3v) is 5.78. The van der Waals surface area contributed by atoms with Crippen LogP contribution in [-0.2, 0) is 0 Å². The number of nitrogens with zero attached hydrogens (tertiary/aromatic N) is 3. The number of benzene rings is 2. The van der Waals surface area contributed by atoms with E-state index in [9.17, 15) is 0 Å². The van der Waals surface area contributed by atoms with Crippen molar-refractivity contribution < 1.29 is 4.57 Å². The predicted octanol–water partition coefficient (Wildman–Crippen LogP) is 5.21. The number of hydrogen-bond donors (Lipinski definition) is 0. The molecule has 1 aromatic heterocycles. The van der Waals surface area contributed by atoms with E-state index in [1.54, 1.807) is 11.3 Å². The summed E-state index contributed by atoms with van der Waals surface area (Å²) in [6.07, 6.45) is 2.24. The fraction of sp³-hybridized carbons (Fsp3) is 0.200. The van der Waals surface area contributed by atoms with Crippen LogP contribution in [0.1, 0.15) is 12.8 Å². The predicted molar refractivity (Wildman–Crippen MR) is 108 cm³/mol. The molecule has 0 radical (unpaired) electrons. The van der Waals surface area contributed by atoms with Gasteiger partial charge in [-0.15, -0.1) is 0 Å². The number of halogens is 1. The van der Waals surface area contributed by atoms with E-state index in [1.807, 2.05) is 6.07 Å². The molecule has 2 aromatic carbocycles. The highest BCUT2D eigenvalue weighted by atomic mass is 79.9. The Kier molecular flexibility index (Phi) is 4.68. The quantitative estimate of drug-likeness (QED) is 0.540. The molecule has 0 atom stereocenters. The van der Waals surface area contributed by atoms with Crippen LogP contribution < -0.4 is 4.57 Å². The maximum absolute atomic E-state index is 4.99. The third-order valence-electron chi connectivity index (χ3n) is 4.42. The van der Waals surface area contributed by atoms with E-state index in [4.69, 9.17) is 4.99 Å². The number of para-hydroxylation sites is 1. The Labute approximate surface area is 160 Å². The number of rotatable bonds is 3. The van der Waals surface area contributed by atoms with Crippen LogP contribution in [0.15, 0.2) is 69.4 Å². The van der Waals surface area contributed by atoms with Crippen LogP contribution in [0.3, 0.4) is 0 Å². The molecule has 0 N–H and O–H groups in total. The molecule has 0 unspecified atom stereocenters. The highest BCUT2D eigenvalue weighted by Crippen LogP contribution is 2.29. The van der Waals surface area contributed by atoms with Gasteiger partial charge in [-0.3, -0.25) is 0 Å². The fourth-order valence-corrected chi connectivity index (χ4v) is 4.27. The van der Waals surface area contributed by atoms with Crippen molar-refractivity contribution in [3.05, 3.63) is 64.5 Å². The molecule has 1 aliphatic heterocycles. The Morgan fingerprint density at radius 1 is 1.08 bits per heavy atom. The van der Waals surface area contributed by atoms with E-state index < -0.39 is 0 Å². The Morgan fingerprint density at radius 2 is 1.84 bits per heavy atom. The van der Waals surface area contributed by atoms with Gasteiger partial charge in [-0.05, 0) is 59.1 Å². The topological polar surface area (TPSA) is 19.5 Å². The van der Waals surface area contributed by atoms with E-state index in [2.05, 4.69) is 86.4 Å². The van der Waals surface area contributed by atoms with Crippen LogP contribution in [0.25, 0.3) is 16.9 Å². The molecule has 3 aromatic rings. The van der Waals surface area contributed by atoms with Crippen molar-refractivity contribution in [2.75, 3.05) is 13.6 Å². The lowest BCUT2D eigenvalue weighted by atomic mass is 10.1. The molecule has 126 valence electrons. The van der Waals surface area contributed by atoms with Crippen molar-refractivity contribution in [1.82, 2.24) is 4.90 Å². The first kappa shape index (κ1) is 16.5. The van der Waals surface area contributed by atoms with Crippen LogP contribution in [0.5, 0.6) is 0 Å². The Morgan fingerprint density at radius 3 is 2.52 bits per heavy atom. The molecule has 0 saturated carbocycles. The van der Waals surface area contributed by atoms with Gasteiger partial charge >= 0.3 is 5.13 Å². The van der Waals surface area contributed by atoms with E-state index in [0.717, 1.165) is 28.3 Å². The zero-order valence-corrected chi connectivity index (χ0v) is 16.4. The number of hydrogen-bond acceptors (Lipinski definition) is 2. The molecule has 2 heterocycles. The van der Waals surface area contributed by atoms with Gasteiger partial charge in [-0.1, -0.05) is 34.1 Å². The van der Waals surface area contributed by atoms with Gasteiger partial charge in [0.25, 0.3) is 0 Å². The van der Waals surface area contributed by atoms with E-state index >= 15 is 0 Å². The van der Waals surface area contributed by atoms with Crippen LogP contribution >= 0.6 is 27.3 Å². The third kappa shape index (κ3) is 3.39. The van der Waals surface area contributed by atoms with Crippen LogP contribution in [0.2, 0.25) is 0 Å². The monoisotopic (exact) mass is 412 g/mol. The van der Waals surface area contributed by atoms with Crippen molar-refractivity contribution in [3.63, 3.8) is 0 Å². The first-order chi connectivity index (χ1) is 12.2. The molecule has 1 fully saturated rings. The Hall–Kier alpha value is -1.98. The zero-order valence-electron chi connectivity index (χ0n) is 14.0. The summed E-state index contributed by atoms with van der Waals surface area (Å²) in [5.41, 5.74) is 3.50. The maximum atomic E-state index is 4.99. The van der Waals surface area contributed by atoms with Crippen molar-refractivity contribution in [3.8, 4) is 16.9 Å². The summed E-state index contributed by atoms with van der Waals surface area (Å²) in [5.74, 6) is 1.17. The zero-order chi connectivity index (χ0) is 17.2. The summed E-state index contributed by atoms with van der Waals surface area (Å²) in [7, 11) is 2.13. The van der Waals surface area contributed by atoms with Gasteiger partial charge < -0.3 is 4.90 Å². The molecule has 3 nitrogen and oxygen atoms in total. The van der Waals surface area contributed by atoms with Crippen molar-refractivity contribution in [2.45, 2.75) is 12.8 Å². The second-order valence-corrected chi connectivity index (χ2v) is 7.89. The van der Waals surface area contributed by atoms with Gasteiger partial charge in [-0.25, -0.2) is 0 Å². The molecule has 0 amide bonds. The molecule has 5 heteroatoms. The lowest BCUT2D eigenvalue weighted by Gasteiger charge is -2.06. The fourth-order valence-electron chi connectivity index (χ4n) is 3.08. The molecular formula is C20H19BrN3S+. The highest BCUT2D eigenvalue weighted by molar-refractivity contribution is 9.10. The average Bonchev–Trinajstić information content (AvgIpc) is 3.23. The van der Waals surface area contributed by atoms with Gasteiger partial charge in [-0.2, -0.15) is 4.57 Å². The van der Waals surface area contributed by atoms with Crippen molar-refractivity contribution in [2.24, 2.45) is 4.99 Å². The van der Waals surface area contributed by atoms with Gasteiger partial charge in [0.15, 0.2) is 5.69 Å². The lowest BCUT2D eigenvalue weighted by Crippen LogP contribution is -2.31. The first-order valence-corrected chi connectivity index (χ1v) is 10.0. The molecule has 0 aliphatic carbocycles. The van der Waals surface area contributed by atoms with E-state index in [-0.39, 0.29) is 0 Å². The minimum absolute atomic E-state index is 1.02. The van der Waals surface area contributed by atoms with Crippen molar-refractivity contribution in [1.29, 1.82) is 0 Å². The summed E-state index contributed by atoms with van der Waals surface area (Å²) in [6.45, 7) is 1.09. The van der Waals surface area contributed by atoms with Gasteiger partial charge in [0, 0.05) is 35.4 Å². The number of thiazole rings is 1. The first-order valence-electron chi connectivity index (χ1n) is 8.36. The summed E-state index contributed by atoms with van der Waals surface area (Å²) < 4.78 is 3.35. The molecule has 4 rings (SSSR count). The van der Waals surface area contributed by atoms with Gasteiger partial charge in [0.1, 0.15) is 5.69 Å². The standard InChI is InChI=1S/C20H19BrN3S/c1-23-13-5-8-19(23)22-20-24(17-6-3-2-4-7-17)18(14-25-20)15-9-11-16(21)12-10-15/h2-4,6-7,9-12,14H,5,8,13H2,1H3/q+1. The van der Waals surface area contributed by atoms with E-state index in [0.29, 0.717) is 0 Å². The van der Waals surface area contributed by atoms with Gasteiger partial charge in [0.05, 0.1) is 0 Å². The average molecular weight is 413 g/mol. The van der Waals surface area contributed by atoms with Crippen LogP contribution in [0.4, 0.5) is 5.13 Å². The summed E-state index contributed by atoms with van der Waals surface area (Å²) in [4.78, 5) is 7.25. The molecule has 1 saturated heterocycles. The molecular weight excluding hydrogens is 394 g/mol. The maximum Gasteiger partial charge on any atom is 0.389 e. The number of aliphatic imine (C=N–C) groups is 1. The Balaban J connectivity index is 1.87. The Bertz CT molecular complexity index is 900. The summed E-state index contributed by atoms with van der Waals surface area (Å²) in [5, 5.41) is 3.22. The van der Waals surface area contributed by atoms with Gasteiger partial charge in [0.2, 0.25) is 5.84 Å². The number of aromatic nitrogens is 1. The van der Waals surface area contributed by atoms with Crippen LogP contribution in [0, 0.1) is 0 Å². The molecule has 1 aliphatic rings. The highest BCUT2D eigenvalue weighted by Gasteiger charge is 2.26. The molecule has 0 spiro atoms. The normalized spacial score (nSPS) is 15.9. The second-order valence-electron chi connectivity index (χ2n) is 6.13. The van der Waals surface area contributed by atoms with Crippen molar-refractivity contribution >= 4 is 38.2 Å². The minimum atomic E-state index is 1.02.